The molecule has 1 N–H and O–H groups in total. The Hall–Kier alpha value is -0.600. The first kappa shape index (κ1) is 15.5. The molecule has 0 aromatic heterocycles. The highest BCUT2D eigenvalue weighted by Crippen LogP contribution is 2.33. The summed E-state index contributed by atoms with van der Waals surface area (Å²) < 4.78 is 13.8. The molecule has 0 aliphatic carbocycles. The van der Waals surface area contributed by atoms with E-state index in [1.165, 1.54) is 6.07 Å². The van der Waals surface area contributed by atoms with Crippen molar-refractivity contribution in [2.24, 2.45) is 5.41 Å². The molecule has 0 aliphatic heterocycles. The second kappa shape index (κ2) is 7.10. The lowest BCUT2D eigenvalue weighted by molar-refractivity contribution is 0.106. The van der Waals surface area contributed by atoms with Gasteiger partial charge < -0.3 is 5.11 Å². The maximum atomic E-state index is 13.8. The van der Waals surface area contributed by atoms with E-state index in [2.05, 4.69) is 13.8 Å². The Balaban J connectivity index is 2.88. The molecule has 0 amide bonds. The van der Waals surface area contributed by atoms with Crippen molar-refractivity contribution in [2.75, 3.05) is 6.61 Å². The van der Waals surface area contributed by atoms with Crippen molar-refractivity contribution < 1.29 is 9.50 Å². The molecule has 1 nitrogen and oxygen atoms in total. The van der Waals surface area contributed by atoms with Crippen molar-refractivity contribution >= 4 is 11.6 Å². The summed E-state index contributed by atoms with van der Waals surface area (Å²) in [6.07, 6.45) is 4.50. The van der Waals surface area contributed by atoms with Crippen LogP contribution >= 0.6 is 11.6 Å². The number of rotatable bonds is 7. The monoisotopic (exact) mass is 272 g/mol. The number of benzene rings is 1. The number of aliphatic hydroxyl groups is 1. The van der Waals surface area contributed by atoms with Crippen LogP contribution < -0.4 is 0 Å². The standard InChI is InChI=1S/C15H22ClFO/c1-3-5-8-15(4-2,11-18)10-12-6-7-13(16)9-14(12)17/h6-7,9,18H,3-5,8,10-11H2,1-2H3. The molecular formula is C15H22ClFO. The van der Waals surface area contributed by atoms with Crippen LogP contribution in [-0.2, 0) is 6.42 Å². The van der Waals surface area contributed by atoms with E-state index < -0.39 is 0 Å². The van der Waals surface area contributed by atoms with Gasteiger partial charge in [0.05, 0.1) is 0 Å². The van der Waals surface area contributed by atoms with Gasteiger partial charge in [-0.3, -0.25) is 0 Å². The number of aliphatic hydroxyl groups excluding tert-OH is 1. The summed E-state index contributed by atoms with van der Waals surface area (Å²) in [5.41, 5.74) is 0.441. The lowest BCUT2D eigenvalue weighted by Crippen LogP contribution is -2.28. The number of hydrogen-bond donors (Lipinski definition) is 1. The minimum absolute atomic E-state index is 0.103. The third-order valence-corrected chi connectivity index (χ3v) is 3.96. The summed E-state index contributed by atoms with van der Waals surface area (Å²) >= 11 is 5.75. The van der Waals surface area contributed by atoms with Crippen molar-refractivity contribution in [1.29, 1.82) is 0 Å². The highest BCUT2D eigenvalue weighted by molar-refractivity contribution is 6.30. The molecule has 3 heteroatoms. The van der Waals surface area contributed by atoms with Crippen LogP contribution in [0.2, 0.25) is 5.02 Å². The van der Waals surface area contributed by atoms with Gasteiger partial charge in [0.1, 0.15) is 5.82 Å². The first-order valence-corrected chi connectivity index (χ1v) is 6.99. The third-order valence-electron chi connectivity index (χ3n) is 3.73. The molecule has 1 rings (SSSR count). The second-order valence-electron chi connectivity index (χ2n) is 5.03. The Morgan fingerprint density at radius 3 is 2.56 bits per heavy atom. The van der Waals surface area contributed by atoms with Gasteiger partial charge in [-0.15, -0.1) is 0 Å². The van der Waals surface area contributed by atoms with Gasteiger partial charge in [-0.25, -0.2) is 4.39 Å². The fraction of sp³-hybridized carbons (Fsp3) is 0.600. The molecule has 0 saturated carbocycles. The predicted molar refractivity (Wildman–Crippen MR) is 74.4 cm³/mol. The van der Waals surface area contributed by atoms with Gasteiger partial charge in [0.25, 0.3) is 0 Å². The molecule has 102 valence electrons. The molecule has 0 heterocycles. The summed E-state index contributed by atoms with van der Waals surface area (Å²) in [6.45, 7) is 4.28. The van der Waals surface area contributed by atoms with Crippen molar-refractivity contribution in [1.82, 2.24) is 0 Å². The van der Waals surface area contributed by atoms with Gasteiger partial charge in [0, 0.05) is 11.6 Å². The van der Waals surface area contributed by atoms with E-state index in [4.69, 9.17) is 11.6 Å². The molecular weight excluding hydrogens is 251 g/mol. The molecule has 18 heavy (non-hydrogen) atoms. The van der Waals surface area contributed by atoms with Crippen LogP contribution in [0.5, 0.6) is 0 Å². The largest absolute Gasteiger partial charge is 0.396 e. The van der Waals surface area contributed by atoms with Crippen LogP contribution in [-0.4, -0.2) is 11.7 Å². The molecule has 1 atom stereocenters. The zero-order chi connectivity index (χ0) is 13.6. The predicted octanol–water partition coefficient (Wildman–Crippen LogP) is 4.60. The van der Waals surface area contributed by atoms with Gasteiger partial charge in [0.15, 0.2) is 0 Å². The zero-order valence-corrected chi connectivity index (χ0v) is 11.9. The fourth-order valence-corrected chi connectivity index (χ4v) is 2.42. The van der Waals surface area contributed by atoms with E-state index in [-0.39, 0.29) is 17.8 Å². The molecule has 0 bridgehead atoms. The molecule has 0 fully saturated rings. The van der Waals surface area contributed by atoms with Crippen LogP contribution in [0.1, 0.15) is 45.1 Å². The maximum absolute atomic E-state index is 13.8. The molecule has 1 aromatic carbocycles. The highest BCUT2D eigenvalue weighted by Gasteiger charge is 2.28. The average Bonchev–Trinajstić information content (AvgIpc) is 2.37. The average molecular weight is 273 g/mol. The summed E-state index contributed by atoms with van der Waals surface area (Å²) in [7, 11) is 0. The van der Waals surface area contributed by atoms with Crippen molar-refractivity contribution in [2.45, 2.75) is 46.0 Å². The lowest BCUT2D eigenvalue weighted by atomic mass is 9.76. The summed E-state index contributed by atoms with van der Waals surface area (Å²) in [5, 5.41) is 10.1. The highest BCUT2D eigenvalue weighted by atomic mass is 35.5. The van der Waals surface area contributed by atoms with Gasteiger partial charge in [-0.2, -0.15) is 0 Å². The molecule has 0 spiro atoms. The third kappa shape index (κ3) is 3.96. The molecule has 0 aliphatic rings. The molecule has 0 radical (unpaired) electrons. The van der Waals surface area contributed by atoms with E-state index >= 15 is 0 Å². The van der Waals surface area contributed by atoms with E-state index in [1.54, 1.807) is 12.1 Å². The Bertz CT molecular complexity index is 375. The minimum atomic E-state index is -0.273. The summed E-state index contributed by atoms with van der Waals surface area (Å²) in [6, 6.07) is 4.77. The fourth-order valence-electron chi connectivity index (χ4n) is 2.26. The number of halogens is 2. The van der Waals surface area contributed by atoms with E-state index in [0.29, 0.717) is 17.0 Å². The topological polar surface area (TPSA) is 20.2 Å². The van der Waals surface area contributed by atoms with Crippen LogP contribution in [0.3, 0.4) is 0 Å². The van der Waals surface area contributed by atoms with E-state index in [9.17, 15) is 9.50 Å². The molecule has 0 saturated heterocycles. The Kier molecular flexibility index (Phi) is 6.10. The van der Waals surface area contributed by atoms with Gasteiger partial charge in [0.2, 0.25) is 0 Å². The lowest BCUT2D eigenvalue weighted by Gasteiger charge is -2.31. The molecule has 1 unspecified atom stereocenters. The maximum Gasteiger partial charge on any atom is 0.127 e. The van der Waals surface area contributed by atoms with E-state index in [1.807, 2.05) is 0 Å². The van der Waals surface area contributed by atoms with E-state index in [0.717, 1.165) is 25.7 Å². The van der Waals surface area contributed by atoms with Crippen LogP contribution in [0.4, 0.5) is 4.39 Å². The van der Waals surface area contributed by atoms with Gasteiger partial charge >= 0.3 is 0 Å². The van der Waals surface area contributed by atoms with Crippen LogP contribution in [0, 0.1) is 11.2 Å². The Morgan fingerprint density at radius 2 is 2.06 bits per heavy atom. The minimum Gasteiger partial charge on any atom is -0.396 e. The SMILES string of the molecule is CCCCC(CC)(CO)Cc1ccc(Cl)cc1F. The first-order chi connectivity index (χ1) is 8.56. The van der Waals surface area contributed by atoms with Crippen molar-refractivity contribution in [3.63, 3.8) is 0 Å². The second-order valence-corrected chi connectivity index (χ2v) is 5.46. The Morgan fingerprint density at radius 1 is 1.33 bits per heavy atom. The molecule has 1 aromatic rings. The van der Waals surface area contributed by atoms with Crippen LogP contribution in [0.25, 0.3) is 0 Å². The van der Waals surface area contributed by atoms with Gasteiger partial charge in [-0.1, -0.05) is 44.4 Å². The first-order valence-electron chi connectivity index (χ1n) is 6.61. The quantitative estimate of drug-likeness (QED) is 0.769. The number of unbranched alkanes of at least 4 members (excludes halogenated alkanes) is 1. The summed E-state index contributed by atoms with van der Waals surface area (Å²) in [5.74, 6) is -0.273. The van der Waals surface area contributed by atoms with Crippen molar-refractivity contribution in [3.8, 4) is 0 Å². The zero-order valence-electron chi connectivity index (χ0n) is 11.2. The van der Waals surface area contributed by atoms with Crippen LogP contribution in [0.15, 0.2) is 18.2 Å². The normalized spacial score (nSPS) is 14.5. The van der Waals surface area contributed by atoms with Crippen molar-refractivity contribution in [3.05, 3.63) is 34.6 Å². The smallest absolute Gasteiger partial charge is 0.127 e. The summed E-state index contributed by atoms with van der Waals surface area (Å²) in [4.78, 5) is 0. The Labute approximate surface area is 114 Å². The van der Waals surface area contributed by atoms with Gasteiger partial charge in [-0.05, 0) is 42.4 Å². The number of hydrogen-bond acceptors (Lipinski definition) is 1.